The van der Waals surface area contributed by atoms with Crippen LogP contribution in [0.1, 0.15) is 47.5 Å². The van der Waals surface area contributed by atoms with Gasteiger partial charge in [-0.05, 0) is 62.4 Å². The molecule has 1 aliphatic heterocycles. The van der Waals surface area contributed by atoms with Crippen LogP contribution in [-0.4, -0.2) is 15.5 Å². The lowest BCUT2D eigenvalue weighted by molar-refractivity contribution is 0.189. The number of amides is 2. The third kappa shape index (κ3) is 3.04. The smallest absolute Gasteiger partial charge is 0.312 e. The van der Waals surface area contributed by atoms with Crippen LogP contribution in [0.2, 0.25) is 0 Å². The number of carbonyl (C=O) groups excluding carboxylic acids is 1. The molecule has 0 saturated heterocycles. The number of thiophene rings is 1. The summed E-state index contributed by atoms with van der Waals surface area (Å²) in [5.41, 5.74) is 3.41. The lowest BCUT2D eigenvalue weighted by Gasteiger charge is -2.28. The summed E-state index contributed by atoms with van der Waals surface area (Å²) in [4.78, 5) is 16.3. The number of nitrogens with zero attached hydrogens (tertiary/aromatic N) is 2. The minimum atomic E-state index is -0.654. The van der Waals surface area contributed by atoms with Gasteiger partial charge in [0.25, 0.3) is 0 Å². The van der Waals surface area contributed by atoms with Gasteiger partial charge in [0.05, 0.1) is 18.3 Å². The van der Waals surface area contributed by atoms with Crippen LogP contribution in [0.5, 0.6) is 0 Å². The van der Waals surface area contributed by atoms with Crippen molar-refractivity contribution in [1.29, 1.82) is 0 Å². The van der Waals surface area contributed by atoms with Crippen LogP contribution in [0.4, 0.5) is 19.3 Å². The van der Waals surface area contributed by atoms with Crippen molar-refractivity contribution < 1.29 is 13.6 Å². The summed E-state index contributed by atoms with van der Waals surface area (Å²) in [7, 11) is 0. The fourth-order valence-corrected chi connectivity index (χ4v) is 5.79. The highest BCUT2D eigenvalue weighted by Crippen LogP contribution is 2.42. The number of hydrogen-bond acceptors (Lipinski definition) is 2. The quantitative estimate of drug-likeness (QED) is 0.537. The van der Waals surface area contributed by atoms with Crippen LogP contribution < -0.4 is 5.32 Å². The molecule has 7 heteroatoms. The zero-order chi connectivity index (χ0) is 20.1. The predicted molar refractivity (Wildman–Crippen MR) is 110 cm³/mol. The van der Waals surface area contributed by atoms with Crippen molar-refractivity contribution in [3.8, 4) is 5.00 Å². The largest absolute Gasteiger partial charge is 0.322 e. The molecule has 29 heavy (non-hydrogen) atoms. The maximum absolute atomic E-state index is 14.1. The van der Waals surface area contributed by atoms with E-state index >= 15 is 0 Å². The lowest BCUT2D eigenvalue weighted by atomic mass is 9.95. The molecule has 0 saturated carbocycles. The van der Waals surface area contributed by atoms with Gasteiger partial charge in [0, 0.05) is 28.4 Å². The van der Waals surface area contributed by atoms with E-state index in [4.69, 9.17) is 0 Å². The van der Waals surface area contributed by atoms with Crippen LogP contribution >= 0.6 is 11.3 Å². The number of rotatable bonds is 1. The van der Waals surface area contributed by atoms with Crippen molar-refractivity contribution in [3.05, 3.63) is 69.9 Å². The maximum Gasteiger partial charge on any atom is 0.322 e. The summed E-state index contributed by atoms with van der Waals surface area (Å²) in [6.45, 7) is 2.42. The van der Waals surface area contributed by atoms with E-state index in [-0.39, 0.29) is 11.7 Å². The molecule has 2 amide bonds. The Bertz CT molecular complexity index is 1100. The number of fused-ring (bicyclic) bond motifs is 5. The number of hydrogen-bond donors (Lipinski definition) is 1. The van der Waals surface area contributed by atoms with Gasteiger partial charge in [0.1, 0.15) is 16.6 Å². The van der Waals surface area contributed by atoms with E-state index in [1.165, 1.54) is 27.4 Å². The molecule has 0 radical (unpaired) electrons. The van der Waals surface area contributed by atoms with E-state index in [1.54, 1.807) is 4.90 Å². The average Bonchev–Trinajstić information content (AvgIpc) is 3.30. The van der Waals surface area contributed by atoms with Gasteiger partial charge in [-0.2, -0.15) is 0 Å². The van der Waals surface area contributed by atoms with Gasteiger partial charge in [0.2, 0.25) is 0 Å². The van der Waals surface area contributed by atoms with Crippen LogP contribution in [-0.2, 0) is 19.4 Å². The van der Waals surface area contributed by atoms with Gasteiger partial charge < -0.3 is 14.8 Å². The van der Waals surface area contributed by atoms with Gasteiger partial charge in [-0.15, -0.1) is 11.3 Å². The summed E-state index contributed by atoms with van der Waals surface area (Å²) >= 11 is 1.82. The molecule has 3 aromatic rings. The molecule has 1 aliphatic carbocycles. The van der Waals surface area contributed by atoms with E-state index in [0.717, 1.165) is 43.2 Å². The third-order valence-electron chi connectivity index (χ3n) is 5.91. The first-order chi connectivity index (χ1) is 14.0. The highest BCUT2D eigenvalue weighted by molar-refractivity contribution is 7.15. The Morgan fingerprint density at radius 3 is 2.86 bits per heavy atom. The van der Waals surface area contributed by atoms with E-state index in [1.807, 2.05) is 36.6 Å². The predicted octanol–water partition coefficient (Wildman–Crippen LogP) is 5.80. The molecule has 0 spiro atoms. The molecule has 1 aromatic carbocycles. The topological polar surface area (TPSA) is 37.3 Å². The van der Waals surface area contributed by atoms with Crippen molar-refractivity contribution in [2.24, 2.45) is 0 Å². The number of urea groups is 1. The second kappa shape index (κ2) is 6.99. The highest BCUT2D eigenvalue weighted by atomic mass is 32.1. The van der Waals surface area contributed by atoms with Gasteiger partial charge in [-0.25, -0.2) is 13.6 Å². The third-order valence-corrected chi connectivity index (χ3v) is 7.25. The van der Waals surface area contributed by atoms with Gasteiger partial charge in [-0.1, -0.05) is 0 Å². The molecular formula is C22H21F2N3OS. The summed E-state index contributed by atoms with van der Waals surface area (Å²) in [5.74, 6) is -1.24. The molecule has 5 rings (SSSR count). The molecule has 1 atom stereocenters. The molecule has 0 bridgehead atoms. The molecule has 150 valence electrons. The molecule has 0 fully saturated rings. The number of halogens is 2. The number of nitrogens with one attached hydrogen (secondary N) is 1. The van der Waals surface area contributed by atoms with Gasteiger partial charge >= 0.3 is 6.03 Å². The first kappa shape index (κ1) is 18.4. The molecule has 2 aliphatic rings. The first-order valence-electron chi connectivity index (χ1n) is 9.86. The second-order valence-electron chi connectivity index (χ2n) is 7.66. The fraction of sp³-hybridized carbons (Fsp3) is 0.318. The summed E-state index contributed by atoms with van der Waals surface area (Å²) < 4.78 is 29.8. The molecule has 1 N–H and O–H groups in total. The Labute approximate surface area is 171 Å². The van der Waals surface area contributed by atoms with Gasteiger partial charge in [0.15, 0.2) is 0 Å². The van der Waals surface area contributed by atoms with Crippen LogP contribution in [0.3, 0.4) is 0 Å². The van der Waals surface area contributed by atoms with Crippen molar-refractivity contribution in [3.63, 3.8) is 0 Å². The van der Waals surface area contributed by atoms with Crippen molar-refractivity contribution in [2.75, 3.05) is 5.32 Å². The molecule has 2 aromatic heterocycles. The lowest BCUT2D eigenvalue weighted by Crippen LogP contribution is -2.36. The molecule has 4 nitrogen and oxygen atoms in total. The van der Waals surface area contributed by atoms with Crippen LogP contribution in [0.15, 0.2) is 36.5 Å². The zero-order valence-corrected chi connectivity index (χ0v) is 16.9. The molecule has 1 unspecified atom stereocenters. The summed E-state index contributed by atoms with van der Waals surface area (Å²) in [6, 6.07) is 6.43. The first-order valence-corrected chi connectivity index (χ1v) is 10.7. The van der Waals surface area contributed by atoms with Crippen molar-refractivity contribution >= 4 is 23.1 Å². The highest BCUT2D eigenvalue weighted by Gasteiger charge is 2.33. The average molecular weight is 413 g/mol. The van der Waals surface area contributed by atoms with Crippen LogP contribution in [0.25, 0.3) is 5.00 Å². The van der Waals surface area contributed by atoms with Crippen molar-refractivity contribution in [1.82, 2.24) is 9.47 Å². The number of benzene rings is 1. The summed E-state index contributed by atoms with van der Waals surface area (Å²) in [5, 5.41) is 3.75. The van der Waals surface area contributed by atoms with Gasteiger partial charge in [-0.3, -0.25) is 0 Å². The van der Waals surface area contributed by atoms with E-state index in [9.17, 15) is 13.6 Å². The number of aryl methyl sites for hydroxylation is 1. The maximum atomic E-state index is 14.1. The Kier molecular flexibility index (Phi) is 4.42. The monoisotopic (exact) mass is 413 g/mol. The SMILES string of the molecule is CC1c2cccn2-c2sc3c(c2CN1C(=O)Nc1cc(F)ccc1F)CCCC3. The van der Waals surface area contributed by atoms with E-state index in [2.05, 4.69) is 9.88 Å². The number of carbonyl (C=O) groups is 1. The van der Waals surface area contributed by atoms with Crippen molar-refractivity contribution in [2.45, 2.75) is 45.2 Å². The Morgan fingerprint density at radius 1 is 1.17 bits per heavy atom. The Balaban J connectivity index is 1.55. The zero-order valence-electron chi connectivity index (χ0n) is 16.0. The molecule has 3 heterocycles. The second-order valence-corrected chi connectivity index (χ2v) is 8.74. The normalized spacial score (nSPS) is 17.9. The minimum absolute atomic E-state index is 0.144. The molecular weight excluding hydrogens is 392 g/mol. The summed E-state index contributed by atoms with van der Waals surface area (Å²) in [6.07, 6.45) is 6.51. The van der Waals surface area contributed by atoms with Crippen LogP contribution in [0, 0.1) is 11.6 Å². The fourth-order valence-electron chi connectivity index (χ4n) is 4.39. The van der Waals surface area contributed by atoms with E-state index < -0.39 is 17.7 Å². The number of aromatic nitrogens is 1. The standard InChI is InChI=1S/C22H21F2N3OS/c1-13-19-6-4-10-26(19)21-16(15-5-2-3-7-20(15)29-21)12-27(13)22(28)25-18-11-14(23)8-9-17(18)24/h4,6,8-11,13H,2-3,5,7,12H2,1H3,(H,25,28). The Hall–Kier alpha value is -2.67. The number of anilines is 1. The Morgan fingerprint density at radius 2 is 2.00 bits per heavy atom. The van der Waals surface area contributed by atoms with E-state index in [0.29, 0.717) is 6.54 Å². The minimum Gasteiger partial charge on any atom is -0.312 e.